The van der Waals surface area contributed by atoms with E-state index in [0.717, 1.165) is 46.8 Å². The molecule has 2 aromatic carbocycles. The van der Waals surface area contributed by atoms with Crippen molar-refractivity contribution in [1.29, 1.82) is 0 Å². The molecule has 0 amide bonds. The number of imidazole rings is 2. The van der Waals surface area contributed by atoms with E-state index >= 15 is 0 Å². The molecule has 30 heavy (non-hydrogen) atoms. The predicted molar refractivity (Wildman–Crippen MR) is 118 cm³/mol. The first kappa shape index (κ1) is 20.1. The molecule has 2 aromatic heterocycles. The highest BCUT2D eigenvalue weighted by Crippen LogP contribution is 2.25. The van der Waals surface area contributed by atoms with Crippen LogP contribution in [0.2, 0.25) is 0 Å². The third-order valence-corrected chi connectivity index (χ3v) is 5.00. The standard InChI is InChI=1S/C23H27N5O2/c1-26(2)11-3-15-30-20-7-4-18(5-8-20)23-24-10-12-28(23)19-6-9-22-21(16-19)25-17-27(22)13-14-29/h4-10,12,16-17,29H,3,11,13-15H2,1-2H3. The summed E-state index contributed by atoms with van der Waals surface area (Å²) in [6.45, 7) is 2.34. The Bertz CT molecular complexity index is 1100. The molecule has 0 saturated carbocycles. The van der Waals surface area contributed by atoms with Gasteiger partial charge in [-0.05, 0) is 63.0 Å². The second-order valence-corrected chi connectivity index (χ2v) is 7.49. The second kappa shape index (κ2) is 9.11. The summed E-state index contributed by atoms with van der Waals surface area (Å²) in [4.78, 5) is 11.2. The van der Waals surface area contributed by atoms with Crippen molar-refractivity contribution in [3.05, 3.63) is 61.2 Å². The topological polar surface area (TPSA) is 68.3 Å². The van der Waals surface area contributed by atoms with Crippen molar-refractivity contribution in [3.63, 3.8) is 0 Å². The van der Waals surface area contributed by atoms with Crippen molar-refractivity contribution < 1.29 is 9.84 Å². The zero-order valence-corrected chi connectivity index (χ0v) is 17.4. The van der Waals surface area contributed by atoms with E-state index in [1.165, 1.54) is 0 Å². The summed E-state index contributed by atoms with van der Waals surface area (Å²) >= 11 is 0. The summed E-state index contributed by atoms with van der Waals surface area (Å²) in [6.07, 6.45) is 6.51. The summed E-state index contributed by atoms with van der Waals surface area (Å²) in [6, 6.07) is 14.2. The fraction of sp³-hybridized carbons (Fsp3) is 0.304. The van der Waals surface area contributed by atoms with E-state index in [2.05, 4.69) is 33.5 Å². The number of aromatic nitrogens is 4. The van der Waals surface area contributed by atoms with Crippen LogP contribution >= 0.6 is 0 Å². The maximum absolute atomic E-state index is 9.19. The quantitative estimate of drug-likeness (QED) is 0.433. The molecule has 0 unspecified atom stereocenters. The average molecular weight is 406 g/mol. The smallest absolute Gasteiger partial charge is 0.144 e. The fourth-order valence-corrected chi connectivity index (χ4v) is 3.48. The van der Waals surface area contributed by atoms with Gasteiger partial charge in [0, 0.05) is 36.7 Å². The summed E-state index contributed by atoms with van der Waals surface area (Å²) in [5, 5.41) is 9.19. The van der Waals surface area contributed by atoms with Crippen LogP contribution in [0.15, 0.2) is 61.2 Å². The molecule has 0 radical (unpaired) electrons. The molecule has 0 fully saturated rings. The second-order valence-electron chi connectivity index (χ2n) is 7.49. The third-order valence-electron chi connectivity index (χ3n) is 5.00. The number of aliphatic hydroxyl groups excluding tert-OH is 1. The zero-order chi connectivity index (χ0) is 20.9. The number of rotatable bonds is 9. The first-order valence-corrected chi connectivity index (χ1v) is 10.1. The summed E-state index contributed by atoms with van der Waals surface area (Å²) in [7, 11) is 4.13. The minimum Gasteiger partial charge on any atom is -0.494 e. The first-order valence-electron chi connectivity index (χ1n) is 10.1. The van der Waals surface area contributed by atoms with Crippen LogP contribution < -0.4 is 4.74 Å². The van der Waals surface area contributed by atoms with Gasteiger partial charge in [0.1, 0.15) is 11.6 Å². The molecular weight excluding hydrogens is 378 g/mol. The monoisotopic (exact) mass is 405 g/mol. The van der Waals surface area contributed by atoms with Crippen LogP contribution in [0.1, 0.15) is 6.42 Å². The molecule has 156 valence electrons. The van der Waals surface area contributed by atoms with E-state index in [9.17, 15) is 5.11 Å². The number of fused-ring (bicyclic) bond motifs is 1. The normalized spacial score (nSPS) is 11.5. The lowest BCUT2D eigenvalue weighted by atomic mass is 10.2. The largest absolute Gasteiger partial charge is 0.494 e. The minimum absolute atomic E-state index is 0.0915. The number of nitrogens with zero attached hydrogens (tertiary/aromatic N) is 5. The highest BCUT2D eigenvalue weighted by molar-refractivity contribution is 5.78. The fourth-order valence-electron chi connectivity index (χ4n) is 3.48. The van der Waals surface area contributed by atoms with Gasteiger partial charge >= 0.3 is 0 Å². The van der Waals surface area contributed by atoms with Gasteiger partial charge in [0.15, 0.2) is 0 Å². The molecule has 2 heterocycles. The molecular formula is C23H27N5O2. The lowest BCUT2D eigenvalue weighted by molar-refractivity contribution is 0.278. The van der Waals surface area contributed by atoms with E-state index in [0.29, 0.717) is 13.2 Å². The molecule has 0 atom stereocenters. The number of hydrogen-bond acceptors (Lipinski definition) is 5. The predicted octanol–water partition coefficient (Wildman–Crippen LogP) is 3.21. The van der Waals surface area contributed by atoms with E-state index < -0.39 is 0 Å². The lowest BCUT2D eigenvalue weighted by Gasteiger charge is -2.11. The van der Waals surface area contributed by atoms with Crippen LogP contribution in [0.4, 0.5) is 0 Å². The SMILES string of the molecule is CN(C)CCCOc1ccc(-c2nccn2-c2ccc3c(c2)ncn3CCO)cc1. The Kier molecular flexibility index (Phi) is 6.11. The Hall–Kier alpha value is -3.16. The number of hydrogen-bond donors (Lipinski definition) is 1. The maximum Gasteiger partial charge on any atom is 0.144 e. The molecule has 0 saturated heterocycles. The lowest BCUT2D eigenvalue weighted by Crippen LogP contribution is -2.15. The van der Waals surface area contributed by atoms with Crippen LogP contribution in [-0.4, -0.2) is 63.0 Å². The number of aliphatic hydroxyl groups is 1. The highest BCUT2D eigenvalue weighted by Gasteiger charge is 2.10. The Balaban J connectivity index is 1.52. The van der Waals surface area contributed by atoms with Gasteiger partial charge in [0.25, 0.3) is 0 Å². The van der Waals surface area contributed by atoms with Crippen molar-refractivity contribution in [3.8, 4) is 22.8 Å². The maximum atomic E-state index is 9.19. The Morgan fingerprint density at radius 2 is 1.90 bits per heavy atom. The molecule has 0 aliphatic carbocycles. The molecule has 0 aliphatic heterocycles. The molecule has 4 rings (SSSR count). The zero-order valence-electron chi connectivity index (χ0n) is 17.4. The minimum atomic E-state index is 0.0915. The molecule has 0 aliphatic rings. The van der Waals surface area contributed by atoms with Gasteiger partial charge in [0.2, 0.25) is 0 Å². The van der Waals surface area contributed by atoms with E-state index in [-0.39, 0.29) is 6.61 Å². The number of benzene rings is 2. The molecule has 7 heteroatoms. The van der Waals surface area contributed by atoms with E-state index in [1.54, 1.807) is 12.5 Å². The Labute approximate surface area is 176 Å². The van der Waals surface area contributed by atoms with Gasteiger partial charge in [-0.3, -0.25) is 4.57 Å². The van der Waals surface area contributed by atoms with Crippen molar-refractivity contribution in [1.82, 2.24) is 24.0 Å². The van der Waals surface area contributed by atoms with Crippen LogP contribution in [0.5, 0.6) is 5.75 Å². The molecule has 0 spiro atoms. The van der Waals surface area contributed by atoms with Crippen LogP contribution in [-0.2, 0) is 6.54 Å². The van der Waals surface area contributed by atoms with E-state index in [4.69, 9.17) is 4.74 Å². The van der Waals surface area contributed by atoms with Gasteiger partial charge in [0.05, 0.1) is 30.6 Å². The number of ether oxygens (including phenoxy) is 1. The Morgan fingerprint density at radius 3 is 2.67 bits per heavy atom. The average Bonchev–Trinajstić information content (AvgIpc) is 3.39. The van der Waals surface area contributed by atoms with Crippen molar-refractivity contribution in [2.24, 2.45) is 0 Å². The molecule has 4 aromatic rings. The van der Waals surface area contributed by atoms with Crippen molar-refractivity contribution >= 4 is 11.0 Å². The Morgan fingerprint density at radius 1 is 1.07 bits per heavy atom. The van der Waals surface area contributed by atoms with Crippen molar-refractivity contribution in [2.45, 2.75) is 13.0 Å². The molecule has 1 N–H and O–H groups in total. The first-order chi connectivity index (χ1) is 14.7. The summed E-state index contributed by atoms with van der Waals surface area (Å²) in [5.41, 5.74) is 3.91. The van der Waals surface area contributed by atoms with Crippen LogP contribution in [0.25, 0.3) is 28.1 Å². The van der Waals surface area contributed by atoms with Gasteiger partial charge in [-0.2, -0.15) is 0 Å². The third kappa shape index (κ3) is 4.37. The van der Waals surface area contributed by atoms with Gasteiger partial charge in [-0.25, -0.2) is 9.97 Å². The molecule has 0 bridgehead atoms. The van der Waals surface area contributed by atoms with Crippen LogP contribution in [0.3, 0.4) is 0 Å². The van der Waals surface area contributed by atoms with E-state index in [1.807, 2.05) is 53.2 Å². The van der Waals surface area contributed by atoms with Crippen LogP contribution in [0, 0.1) is 0 Å². The summed E-state index contributed by atoms with van der Waals surface area (Å²) in [5.74, 6) is 1.73. The van der Waals surface area contributed by atoms with Crippen molar-refractivity contribution in [2.75, 3.05) is 33.9 Å². The summed E-state index contributed by atoms with van der Waals surface area (Å²) < 4.78 is 9.83. The molecule has 7 nitrogen and oxygen atoms in total. The van der Waals surface area contributed by atoms with Gasteiger partial charge in [-0.1, -0.05) is 0 Å². The van der Waals surface area contributed by atoms with Gasteiger partial charge < -0.3 is 19.3 Å². The van der Waals surface area contributed by atoms with Gasteiger partial charge in [-0.15, -0.1) is 0 Å². The highest BCUT2D eigenvalue weighted by atomic mass is 16.5.